The number of nitrogens with zero attached hydrogens (tertiary/aromatic N) is 3. The summed E-state index contributed by atoms with van der Waals surface area (Å²) in [6.45, 7) is 9.26. The van der Waals surface area contributed by atoms with E-state index in [-0.39, 0.29) is 0 Å². The van der Waals surface area contributed by atoms with Crippen molar-refractivity contribution < 1.29 is 0 Å². The van der Waals surface area contributed by atoms with E-state index in [4.69, 9.17) is 5.10 Å². The van der Waals surface area contributed by atoms with Crippen LogP contribution in [-0.2, 0) is 13.5 Å². The van der Waals surface area contributed by atoms with Gasteiger partial charge >= 0.3 is 0 Å². The van der Waals surface area contributed by atoms with Crippen LogP contribution in [-0.4, -0.2) is 28.9 Å². The first-order valence-corrected chi connectivity index (χ1v) is 7.61. The second-order valence-electron chi connectivity index (χ2n) is 6.70. The van der Waals surface area contributed by atoms with Crippen LogP contribution in [0.2, 0.25) is 0 Å². The molecule has 3 rings (SSSR count). The van der Waals surface area contributed by atoms with Gasteiger partial charge in [0.15, 0.2) is 5.82 Å². The molecule has 3 heterocycles. The van der Waals surface area contributed by atoms with Crippen LogP contribution in [0.15, 0.2) is 0 Å². The third-order valence-corrected chi connectivity index (χ3v) is 4.82. The van der Waals surface area contributed by atoms with Crippen LogP contribution in [0.1, 0.15) is 45.7 Å². The first-order chi connectivity index (χ1) is 9.04. The molecule has 0 saturated carbocycles. The van der Waals surface area contributed by atoms with Gasteiger partial charge in [-0.05, 0) is 24.7 Å². The van der Waals surface area contributed by atoms with Gasteiger partial charge in [0, 0.05) is 20.1 Å². The number of piperidine rings is 1. The molecule has 2 aliphatic rings. The molecule has 0 radical (unpaired) electrons. The Balaban J connectivity index is 2.01. The summed E-state index contributed by atoms with van der Waals surface area (Å²) in [5.74, 6) is 1.31. The van der Waals surface area contributed by atoms with Gasteiger partial charge in [0.1, 0.15) is 5.69 Å². The van der Waals surface area contributed by atoms with Gasteiger partial charge in [-0.25, -0.2) is 0 Å². The fraction of sp³-hybridized carbons (Fsp3) is 0.800. The van der Waals surface area contributed by atoms with Crippen molar-refractivity contribution in [2.75, 3.05) is 23.3 Å². The summed E-state index contributed by atoms with van der Waals surface area (Å²) in [6.07, 6.45) is 4.83. The van der Waals surface area contributed by atoms with E-state index in [2.05, 4.69) is 42.7 Å². The van der Waals surface area contributed by atoms with Gasteiger partial charge in [0.2, 0.25) is 0 Å². The summed E-state index contributed by atoms with van der Waals surface area (Å²) in [5.41, 5.74) is 2.91. The summed E-state index contributed by atoms with van der Waals surface area (Å²) in [5, 5.41) is 8.40. The summed E-state index contributed by atoms with van der Waals surface area (Å²) in [4.78, 5) is 2.60. The summed E-state index contributed by atoms with van der Waals surface area (Å²) >= 11 is 0. The van der Waals surface area contributed by atoms with E-state index < -0.39 is 0 Å². The van der Waals surface area contributed by atoms with Crippen LogP contribution >= 0.6 is 0 Å². The molecule has 1 unspecified atom stereocenters. The smallest absolute Gasteiger partial charge is 0.150 e. The van der Waals surface area contributed by atoms with Crippen LogP contribution in [0.5, 0.6) is 0 Å². The lowest BCUT2D eigenvalue weighted by Gasteiger charge is -2.50. The van der Waals surface area contributed by atoms with Crippen molar-refractivity contribution in [3.63, 3.8) is 0 Å². The van der Waals surface area contributed by atoms with Crippen molar-refractivity contribution in [1.29, 1.82) is 0 Å². The van der Waals surface area contributed by atoms with Gasteiger partial charge in [-0.1, -0.05) is 27.2 Å². The Hall–Kier alpha value is -1.19. The average Bonchev–Trinajstić information content (AvgIpc) is 2.67. The zero-order chi connectivity index (χ0) is 13.6. The highest BCUT2D eigenvalue weighted by atomic mass is 15.4. The van der Waals surface area contributed by atoms with Crippen molar-refractivity contribution in [1.82, 2.24) is 9.78 Å². The molecule has 1 aromatic rings. The maximum absolute atomic E-state index is 4.73. The van der Waals surface area contributed by atoms with Crippen molar-refractivity contribution >= 4 is 11.5 Å². The van der Waals surface area contributed by atoms with Crippen LogP contribution in [0, 0.1) is 5.41 Å². The number of aromatic nitrogens is 2. The lowest BCUT2D eigenvalue weighted by Crippen LogP contribution is -2.56. The molecule has 0 amide bonds. The average molecular weight is 262 g/mol. The fourth-order valence-electron chi connectivity index (χ4n) is 3.78. The highest BCUT2D eigenvalue weighted by molar-refractivity contribution is 5.72. The van der Waals surface area contributed by atoms with Crippen molar-refractivity contribution in [2.24, 2.45) is 12.5 Å². The predicted molar refractivity (Wildman–Crippen MR) is 79.8 cm³/mol. The van der Waals surface area contributed by atoms with Gasteiger partial charge in [-0.2, -0.15) is 5.10 Å². The predicted octanol–water partition coefficient (Wildman–Crippen LogP) is 2.79. The molecule has 1 fully saturated rings. The van der Waals surface area contributed by atoms with Crippen molar-refractivity contribution in [3.05, 3.63) is 5.69 Å². The van der Waals surface area contributed by atoms with E-state index in [0.29, 0.717) is 11.5 Å². The van der Waals surface area contributed by atoms with Crippen LogP contribution in [0.3, 0.4) is 0 Å². The standard InChI is InChI=1S/C15H26N4/c1-5-7-11-13-14(18(4)17-11)19-9-6-8-15(2,3)12(19)10-16-13/h12,16H,5-10H2,1-4H3. The summed E-state index contributed by atoms with van der Waals surface area (Å²) in [6, 6.07) is 0.596. The SMILES string of the molecule is CCCc1nn(C)c2c1NCC1N2CCCC1(C)C. The number of hydrogen-bond acceptors (Lipinski definition) is 3. The lowest BCUT2D eigenvalue weighted by molar-refractivity contribution is 0.215. The Morgan fingerprint density at radius 2 is 2.21 bits per heavy atom. The summed E-state index contributed by atoms with van der Waals surface area (Å²) in [7, 11) is 2.09. The molecule has 1 aromatic heterocycles. The third-order valence-electron chi connectivity index (χ3n) is 4.82. The Morgan fingerprint density at radius 1 is 1.42 bits per heavy atom. The highest BCUT2D eigenvalue weighted by Crippen LogP contribution is 2.43. The van der Waals surface area contributed by atoms with Crippen molar-refractivity contribution in [3.8, 4) is 0 Å². The quantitative estimate of drug-likeness (QED) is 0.889. The first kappa shape index (κ1) is 12.8. The molecule has 0 aliphatic carbocycles. The fourth-order valence-corrected chi connectivity index (χ4v) is 3.78. The van der Waals surface area contributed by atoms with Crippen molar-refractivity contribution in [2.45, 2.75) is 52.5 Å². The van der Waals surface area contributed by atoms with Gasteiger partial charge in [0.05, 0.1) is 11.7 Å². The second kappa shape index (κ2) is 4.43. The van der Waals surface area contributed by atoms with Crippen LogP contribution in [0.25, 0.3) is 0 Å². The van der Waals surface area contributed by atoms with E-state index in [9.17, 15) is 0 Å². The minimum atomic E-state index is 0.387. The van der Waals surface area contributed by atoms with E-state index >= 15 is 0 Å². The van der Waals surface area contributed by atoms with Gasteiger partial charge in [-0.3, -0.25) is 4.68 Å². The molecular weight excluding hydrogens is 236 g/mol. The van der Waals surface area contributed by atoms with E-state index in [1.54, 1.807) is 0 Å². The van der Waals surface area contributed by atoms with Crippen LogP contribution < -0.4 is 10.2 Å². The maximum atomic E-state index is 4.73. The normalized spacial score (nSPS) is 24.6. The Bertz CT molecular complexity index is 475. The molecule has 0 bridgehead atoms. The Morgan fingerprint density at radius 3 is 2.95 bits per heavy atom. The van der Waals surface area contributed by atoms with Gasteiger partial charge in [-0.15, -0.1) is 0 Å². The zero-order valence-electron chi connectivity index (χ0n) is 12.7. The third kappa shape index (κ3) is 1.92. The highest BCUT2D eigenvalue weighted by Gasteiger charge is 2.42. The molecule has 0 aromatic carbocycles. The van der Waals surface area contributed by atoms with E-state index in [1.165, 1.54) is 36.6 Å². The van der Waals surface area contributed by atoms with E-state index in [1.807, 2.05) is 0 Å². The first-order valence-electron chi connectivity index (χ1n) is 7.61. The number of rotatable bonds is 2. The van der Waals surface area contributed by atoms with Crippen LogP contribution in [0.4, 0.5) is 11.5 Å². The number of anilines is 2. The molecule has 1 saturated heterocycles. The van der Waals surface area contributed by atoms with Gasteiger partial charge < -0.3 is 10.2 Å². The zero-order valence-corrected chi connectivity index (χ0v) is 12.7. The Kier molecular flexibility index (Phi) is 2.99. The summed E-state index contributed by atoms with van der Waals surface area (Å²) < 4.78 is 2.08. The molecule has 19 heavy (non-hydrogen) atoms. The topological polar surface area (TPSA) is 33.1 Å². The lowest BCUT2D eigenvalue weighted by atomic mass is 9.75. The largest absolute Gasteiger partial charge is 0.378 e. The molecule has 1 atom stereocenters. The second-order valence-corrected chi connectivity index (χ2v) is 6.70. The minimum Gasteiger partial charge on any atom is -0.378 e. The molecule has 4 nitrogen and oxygen atoms in total. The molecule has 106 valence electrons. The number of aryl methyl sites for hydroxylation is 2. The molecule has 2 aliphatic heterocycles. The number of fused-ring (bicyclic) bond motifs is 3. The number of nitrogens with one attached hydrogen (secondary N) is 1. The van der Waals surface area contributed by atoms with Gasteiger partial charge in [0.25, 0.3) is 0 Å². The number of hydrogen-bond donors (Lipinski definition) is 1. The molecule has 1 N–H and O–H groups in total. The molecule has 0 spiro atoms. The molecule has 4 heteroatoms. The minimum absolute atomic E-state index is 0.387. The monoisotopic (exact) mass is 262 g/mol. The Labute approximate surface area is 116 Å². The van der Waals surface area contributed by atoms with E-state index in [0.717, 1.165) is 19.4 Å². The maximum Gasteiger partial charge on any atom is 0.150 e. The molecular formula is C15H26N4.